The molecule has 3 amide bonds. The quantitative estimate of drug-likeness (QED) is 0.574. The molecule has 2 saturated heterocycles. The van der Waals surface area contributed by atoms with Crippen molar-refractivity contribution in [2.24, 2.45) is 0 Å². The molecular weight excluding hydrogens is 510 g/mol. The van der Waals surface area contributed by atoms with Gasteiger partial charge in [0.15, 0.2) is 11.6 Å². The normalized spacial score (nSPS) is 20.7. The zero-order chi connectivity index (χ0) is 26.5. The number of hydrogen-bond donors (Lipinski definition) is 1. The van der Waals surface area contributed by atoms with Gasteiger partial charge in [-0.2, -0.15) is 4.31 Å². The van der Waals surface area contributed by atoms with Crippen LogP contribution in [-0.2, 0) is 26.2 Å². The Labute approximate surface area is 211 Å². The molecular formula is C24H24F2N4O6S. The van der Waals surface area contributed by atoms with E-state index < -0.39 is 45.4 Å². The fourth-order valence-electron chi connectivity index (χ4n) is 5.02. The molecule has 3 aliphatic rings. The van der Waals surface area contributed by atoms with Crippen molar-refractivity contribution >= 4 is 33.4 Å². The number of sulfonamides is 1. The lowest BCUT2D eigenvalue weighted by molar-refractivity contribution is -0.136. The van der Waals surface area contributed by atoms with E-state index in [1.54, 1.807) is 4.90 Å². The van der Waals surface area contributed by atoms with Crippen LogP contribution in [0.5, 0.6) is 5.75 Å². The van der Waals surface area contributed by atoms with Crippen LogP contribution in [0.15, 0.2) is 35.2 Å². The standard InChI is InChI=1S/C24H24F2N4O6S/c1-36-21-4-2-15(12-18(21)26)37(34,35)29-8-6-28(7-9-29)20-11-14(25)10-16-17(20)13-30(24(16)33)19-3-5-22(31)27-23(19)32/h2,4,10-12,19H,3,5-9,13H2,1H3,(H,27,31,32). The zero-order valence-corrected chi connectivity index (χ0v) is 20.7. The van der Waals surface area contributed by atoms with E-state index in [0.29, 0.717) is 11.3 Å². The van der Waals surface area contributed by atoms with Crippen LogP contribution in [-0.4, -0.2) is 74.7 Å². The molecule has 0 saturated carbocycles. The van der Waals surface area contributed by atoms with Gasteiger partial charge in [-0.15, -0.1) is 0 Å². The summed E-state index contributed by atoms with van der Waals surface area (Å²) in [5.74, 6) is -2.94. The molecule has 1 N–H and O–H groups in total. The van der Waals surface area contributed by atoms with Gasteiger partial charge in [-0.3, -0.25) is 19.7 Å². The van der Waals surface area contributed by atoms with Crippen LogP contribution in [0.4, 0.5) is 14.5 Å². The Morgan fingerprint density at radius 3 is 2.41 bits per heavy atom. The van der Waals surface area contributed by atoms with Gasteiger partial charge in [-0.1, -0.05) is 0 Å². The van der Waals surface area contributed by atoms with E-state index >= 15 is 0 Å². The Hall–Kier alpha value is -3.58. The summed E-state index contributed by atoms with van der Waals surface area (Å²) in [5, 5.41) is 2.24. The highest BCUT2D eigenvalue weighted by Crippen LogP contribution is 2.36. The first-order valence-electron chi connectivity index (χ1n) is 11.7. The number of ether oxygens (including phenoxy) is 1. The third-order valence-corrected chi connectivity index (χ3v) is 8.83. The topological polar surface area (TPSA) is 116 Å². The second-order valence-electron chi connectivity index (χ2n) is 9.04. The number of nitrogens with zero attached hydrogens (tertiary/aromatic N) is 3. The van der Waals surface area contributed by atoms with E-state index in [1.165, 1.54) is 34.5 Å². The van der Waals surface area contributed by atoms with Gasteiger partial charge in [0.2, 0.25) is 21.8 Å². The predicted octanol–water partition coefficient (Wildman–Crippen LogP) is 1.25. The molecule has 1 unspecified atom stereocenters. The highest BCUT2D eigenvalue weighted by Gasteiger charge is 2.41. The first-order chi connectivity index (χ1) is 17.6. The molecule has 0 spiro atoms. The number of benzene rings is 2. The van der Waals surface area contributed by atoms with Crippen molar-refractivity contribution in [3.63, 3.8) is 0 Å². The van der Waals surface area contributed by atoms with Crippen LogP contribution < -0.4 is 15.0 Å². The summed E-state index contributed by atoms with van der Waals surface area (Å²) in [4.78, 5) is 39.9. The smallest absolute Gasteiger partial charge is 0.255 e. The fraction of sp³-hybridized carbons (Fsp3) is 0.375. The van der Waals surface area contributed by atoms with E-state index in [-0.39, 0.29) is 61.8 Å². The largest absolute Gasteiger partial charge is 0.494 e. The number of rotatable bonds is 5. The number of methoxy groups -OCH3 is 1. The predicted molar refractivity (Wildman–Crippen MR) is 126 cm³/mol. The van der Waals surface area contributed by atoms with Gasteiger partial charge < -0.3 is 14.5 Å². The van der Waals surface area contributed by atoms with E-state index in [9.17, 15) is 31.6 Å². The number of nitrogens with one attached hydrogen (secondary N) is 1. The number of halogens is 2. The average molecular weight is 535 g/mol. The van der Waals surface area contributed by atoms with Gasteiger partial charge in [0.25, 0.3) is 5.91 Å². The molecule has 3 heterocycles. The summed E-state index contributed by atoms with van der Waals surface area (Å²) in [6.07, 6.45) is 0.289. The number of hydrogen-bond acceptors (Lipinski definition) is 7. The molecule has 37 heavy (non-hydrogen) atoms. The van der Waals surface area contributed by atoms with Gasteiger partial charge in [0.05, 0.1) is 12.0 Å². The summed E-state index contributed by atoms with van der Waals surface area (Å²) in [7, 11) is -2.69. The lowest BCUT2D eigenvalue weighted by Crippen LogP contribution is -2.52. The minimum atomic E-state index is -3.97. The van der Waals surface area contributed by atoms with Gasteiger partial charge in [-0.05, 0) is 36.8 Å². The summed E-state index contributed by atoms with van der Waals surface area (Å²) >= 11 is 0. The van der Waals surface area contributed by atoms with Crippen LogP contribution in [0, 0.1) is 11.6 Å². The molecule has 13 heteroatoms. The van der Waals surface area contributed by atoms with Crippen LogP contribution in [0.1, 0.15) is 28.8 Å². The number of anilines is 1. The minimum Gasteiger partial charge on any atom is -0.494 e. The van der Waals surface area contributed by atoms with Gasteiger partial charge in [0, 0.05) is 56.0 Å². The van der Waals surface area contributed by atoms with E-state index in [2.05, 4.69) is 5.32 Å². The molecule has 0 aliphatic carbocycles. The molecule has 1 atom stereocenters. The maximum Gasteiger partial charge on any atom is 0.255 e. The van der Waals surface area contributed by atoms with Crippen molar-refractivity contribution in [1.82, 2.24) is 14.5 Å². The van der Waals surface area contributed by atoms with Crippen molar-refractivity contribution in [3.8, 4) is 5.75 Å². The first kappa shape index (κ1) is 25.1. The Bertz CT molecular complexity index is 1410. The monoisotopic (exact) mass is 534 g/mol. The molecule has 196 valence electrons. The van der Waals surface area contributed by atoms with Crippen molar-refractivity contribution in [2.75, 3.05) is 38.2 Å². The number of carbonyl (C=O) groups is 3. The summed E-state index contributed by atoms with van der Waals surface area (Å²) in [5.41, 5.74) is 1.14. The molecule has 0 radical (unpaired) electrons. The summed E-state index contributed by atoms with van der Waals surface area (Å²) in [6, 6.07) is 5.03. The molecule has 5 rings (SSSR count). The third kappa shape index (κ3) is 4.42. The maximum atomic E-state index is 14.6. The minimum absolute atomic E-state index is 0.0616. The number of amides is 3. The number of fused-ring (bicyclic) bond motifs is 1. The van der Waals surface area contributed by atoms with Crippen molar-refractivity contribution < 1.29 is 36.3 Å². The highest BCUT2D eigenvalue weighted by atomic mass is 32.2. The average Bonchev–Trinajstić information content (AvgIpc) is 3.19. The second-order valence-corrected chi connectivity index (χ2v) is 11.0. The van der Waals surface area contributed by atoms with Gasteiger partial charge in [0.1, 0.15) is 11.9 Å². The molecule has 0 aromatic heterocycles. The Kier molecular flexibility index (Phi) is 6.36. The van der Waals surface area contributed by atoms with Gasteiger partial charge >= 0.3 is 0 Å². The first-order valence-corrected chi connectivity index (χ1v) is 13.1. The molecule has 2 fully saturated rings. The zero-order valence-electron chi connectivity index (χ0n) is 19.9. The Morgan fingerprint density at radius 1 is 1.03 bits per heavy atom. The Balaban J connectivity index is 1.35. The number of piperazine rings is 1. The number of piperidine rings is 1. The lowest BCUT2D eigenvalue weighted by Gasteiger charge is -2.36. The van der Waals surface area contributed by atoms with Crippen molar-refractivity contribution in [2.45, 2.75) is 30.3 Å². The molecule has 2 aromatic rings. The summed E-state index contributed by atoms with van der Waals surface area (Å²) in [6.45, 7) is 0.610. The fourth-order valence-corrected chi connectivity index (χ4v) is 6.45. The van der Waals surface area contributed by atoms with E-state index in [4.69, 9.17) is 4.74 Å². The van der Waals surface area contributed by atoms with Crippen LogP contribution in [0.3, 0.4) is 0 Å². The SMILES string of the molecule is COc1ccc(S(=O)(=O)N2CCN(c3cc(F)cc4c3CN(C3CCC(=O)NC3=O)C4=O)CC2)cc1F. The van der Waals surface area contributed by atoms with Crippen LogP contribution in [0.2, 0.25) is 0 Å². The lowest BCUT2D eigenvalue weighted by atomic mass is 10.0. The van der Waals surface area contributed by atoms with Crippen LogP contribution in [0.25, 0.3) is 0 Å². The van der Waals surface area contributed by atoms with E-state index in [0.717, 1.165) is 12.1 Å². The molecule has 3 aliphatic heterocycles. The number of imide groups is 1. The molecule has 2 aromatic carbocycles. The van der Waals surface area contributed by atoms with Crippen molar-refractivity contribution in [3.05, 3.63) is 53.1 Å². The third-order valence-electron chi connectivity index (χ3n) is 6.94. The van der Waals surface area contributed by atoms with Crippen LogP contribution >= 0.6 is 0 Å². The summed E-state index contributed by atoms with van der Waals surface area (Å²) < 4.78 is 60.9. The van der Waals surface area contributed by atoms with Gasteiger partial charge in [-0.25, -0.2) is 17.2 Å². The maximum absolute atomic E-state index is 14.6. The van der Waals surface area contributed by atoms with E-state index in [1.807, 2.05) is 0 Å². The number of carbonyl (C=O) groups excluding carboxylic acids is 3. The molecule has 10 nitrogen and oxygen atoms in total. The second kappa shape index (κ2) is 9.38. The highest BCUT2D eigenvalue weighted by molar-refractivity contribution is 7.89. The van der Waals surface area contributed by atoms with Crippen molar-refractivity contribution in [1.29, 1.82) is 0 Å². The Morgan fingerprint density at radius 2 is 1.76 bits per heavy atom. The molecule has 0 bridgehead atoms.